The second-order valence-electron chi connectivity index (χ2n) is 8.28. The van der Waals surface area contributed by atoms with Crippen LogP contribution in [-0.4, -0.2) is 26.6 Å². The summed E-state index contributed by atoms with van der Waals surface area (Å²) >= 11 is 6.03. The maximum atomic E-state index is 12.6. The number of carbonyl (C=O) groups is 1. The summed E-state index contributed by atoms with van der Waals surface area (Å²) < 4.78 is 27.1. The van der Waals surface area contributed by atoms with E-state index >= 15 is 0 Å². The summed E-state index contributed by atoms with van der Waals surface area (Å²) in [5.41, 5.74) is 3.94. The number of hydrazone groups is 1. The number of fused-ring (bicyclic) bond motifs is 2. The van der Waals surface area contributed by atoms with Crippen LogP contribution in [0.3, 0.4) is 0 Å². The fraction of sp³-hybridized carbons (Fsp3) is 0.500. The first-order valence-electron chi connectivity index (χ1n) is 9.30. The predicted molar refractivity (Wildman–Crippen MR) is 111 cm³/mol. The second kappa shape index (κ2) is 7.28. The molecule has 0 unspecified atom stereocenters. The number of benzene rings is 1. The fourth-order valence-electron chi connectivity index (χ4n) is 4.38. The van der Waals surface area contributed by atoms with Crippen LogP contribution in [-0.2, 0) is 10.0 Å². The molecule has 2 aliphatic rings. The SMILES string of the molecule is C=CCNS(=O)(=O)c1cc(C(=O)N/N=C2\C[C@H]3CC[C@]2(C)C3(C)C)ccc1Cl. The molecule has 2 bridgehead atoms. The molecule has 0 aliphatic heterocycles. The van der Waals surface area contributed by atoms with Gasteiger partial charge in [0.1, 0.15) is 4.90 Å². The van der Waals surface area contributed by atoms with Gasteiger partial charge in [-0.1, -0.05) is 38.4 Å². The van der Waals surface area contributed by atoms with Crippen LogP contribution in [0.5, 0.6) is 0 Å². The topological polar surface area (TPSA) is 87.6 Å². The van der Waals surface area contributed by atoms with E-state index in [0.29, 0.717) is 5.92 Å². The molecule has 1 amide bonds. The van der Waals surface area contributed by atoms with Crippen LogP contribution >= 0.6 is 11.6 Å². The molecule has 6 nitrogen and oxygen atoms in total. The van der Waals surface area contributed by atoms with Crippen molar-refractivity contribution >= 4 is 33.2 Å². The Morgan fingerprint density at radius 3 is 2.68 bits per heavy atom. The van der Waals surface area contributed by atoms with Gasteiger partial charge >= 0.3 is 0 Å². The minimum atomic E-state index is -3.84. The average molecular weight is 424 g/mol. The highest BCUT2D eigenvalue weighted by molar-refractivity contribution is 7.89. The molecule has 1 aromatic carbocycles. The molecule has 1 aromatic rings. The zero-order valence-electron chi connectivity index (χ0n) is 16.4. The summed E-state index contributed by atoms with van der Waals surface area (Å²) in [5, 5.41) is 4.46. The zero-order chi connectivity index (χ0) is 20.7. The molecule has 0 radical (unpaired) electrons. The average Bonchev–Trinajstić information content (AvgIpc) is 2.98. The molecule has 0 saturated heterocycles. The zero-order valence-corrected chi connectivity index (χ0v) is 18.0. The van der Waals surface area contributed by atoms with Gasteiger partial charge in [0, 0.05) is 23.2 Å². The Hall–Kier alpha value is -1.70. The van der Waals surface area contributed by atoms with Crippen LogP contribution in [0.15, 0.2) is 40.9 Å². The highest BCUT2D eigenvalue weighted by Crippen LogP contribution is 2.63. The van der Waals surface area contributed by atoms with Crippen molar-refractivity contribution in [1.29, 1.82) is 0 Å². The maximum Gasteiger partial charge on any atom is 0.271 e. The van der Waals surface area contributed by atoms with Crippen LogP contribution in [0.4, 0.5) is 0 Å². The highest BCUT2D eigenvalue weighted by atomic mass is 35.5. The summed E-state index contributed by atoms with van der Waals surface area (Å²) in [7, 11) is -3.84. The van der Waals surface area contributed by atoms with Gasteiger partial charge < -0.3 is 0 Å². The first kappa shape index (κ1) is 21.0. The second-order valence-corrected chi connectivity index (χ2v) is 10.4. The minimum Gasteiger partial charge on any atom is -0.267 e. The molecule has 152 valence electrons. The number of nitrogens with zero attached hydrogens (tertiary/aromatic N) is 1. The van der Waals surface area contributed by atoms with Crippen LogP contribution < -0.4 is 10.1 Å². The lowest BCUT2D eigenvalue weighted by molar-refractivity contribution is 0.0953. The molecule has 2 fully saturated rings. The molecule has 8 heteroatoms. The number of hydrogen-bond donors (Lipinski definition) is 2. The Balaban J connectivity index is 1.81. The van der Waals surface area contributed by atoms with Crippen molar-refractivity contribution in [2.75, 3.05) is 6.54 Å². The van der Waals surface area contributed by atoms with E-state index in [2.05, 4.69) is 42.6 Å². The van der Waals surface area contributed by atoms with Gasteiger partial charge in [-0.2, -0.15) is 5.10 Å². The van der Waals surface area contributed by atoms with E-state index < -0.39 is 15.9 Å². The molecule has 3 rings (SSSR count). The quantitative estimate of drug-likeness (QED) is 0.539. The van der Waals surface area contributed by atoms with Crippen molar-refractivity contribution in [2.45, 2.75) is 44.9 Å². The van der Waals surface area contributed by atoms with Crippen molar-refractivity contribution < 1.29 is 13.2 Å². The van der Waals surface area contributed by atoms with Crippen molar-refractivity contribution in [2.24, 2.45) is 21.8 Å². The number of halogens is 1. The minimum absolute atomic E-state index is 0.0198. The van der Waals surface area contributed by atoms with Crippen molar-refractivity contribution in [3.05, 3.63) is 41.4 Å². The first-order chi connectivity index (χ1) is 13.0. The molecule has 2 aliphatic carbocycles. The summed E-state index contributed by atoms with van der Waals surface area (Å²) in [6.07, 6.45) is 4.56. The van der Waals surface area contributed by atoms with E-state index in [1.807, 2.05) is 0 Å². The third-order valence-corrected chi connectivity index (χ3v) is 8.61. The molecule has 2 atom stereocenters. The Kier molecular flexibility index (Phi) is 5.47. The summed E-state index contributed by atoms with van der Waals surface area (Å²) in [6.45, 7) is 10.3. The summed E-state index contributed by atoms with van der Waals surface area (Å²) in [4.78, 5) is 12.4. The summed E-state index contributed by atoms with van der Waals surface area (Å²) in [6, 6.07) is 4.14. The van der Waals surface area contributed by atoms with Crippen molar-refractivity contribution in [3.8, 4) is 0 Å². The maximum absolute atomic E-state index is 12.6. The highest BCUT2D eigenvalue weighted by Gasteiger charge is 2.60. The van der Waals surface area contributed by atoms with Gasteiger partial charge in [-0.3, -0.25) is 4.79 Å². The van der Waals surface area contributed by atoms with Crippen LogP contribution in [0.25, 0.3) is 0 Å². The van der Waals surface area contributed by atoms with Crippen LogP contribution in [0, 0.1) is 16.7 Å². The molecule has 2 saturated carbocycles. The molecule has 0 spiro atoms. The van der Waals surface area contributed by atoms with Gasteiger partial charge in [0.25, 0.3) is 5.91 Å². The van der Waals surface area contributed by atoms with E-state index in [-0.39, 0.29) is 32.9 Å². The van der Waals surface area contributed by atoms with Gasteiger partial charge in [-0.15, -0.1) is 6.58 Å². The predicted octanol–water partition coefficient (Wildman–Crippen LogP) is 3.74. The molecule has 0 heterocycles. The lowest BCUT2D eigenvalue weighted by Gasteiger charge is -2.34. The third kappa shape index (κ3) is 3.40. The molecule has 0 aromatic heterocycles. The molecule has 2 N–H and O–H groups in total. The number of nitrogens with one attached hydrogen (secondary N) is 2. The van der Waals surface area contributed by atoms with Crippen molar-refractivity contribution in [1.82, 2.24) is 10.1 Å². The van der Waals surface area contributed by atoms with E-state index in [0.717, 1.165) is 18.6 Å². The van der Waals surface area contributed by atoms with Gasteiger partial charge in [-0.25, -0.2) is 18.6 Å². The Bertz CT molecular complexity index is 955. The standard InChI is InChI=1S/C20H26ClN3O3S/c1-5-10-22-28(26,27)16-11-13(6-7-15(16)21)18(25)24-23-17-12-14-8-9-20(17,4)19(14,2)3/h5-7,11,14,22H,1,8-10,12H2,2-4H3,(H,24,25)/b23-17+/t14-,20+/m1/s1. The third-order valence-electron chi connectivity index (χ3n) is 6.71. The number of carbonyl (C=O) groups excluding carboxylic acids is 1. The lowest BCUT2D eigenvalue weighted by atomic mass is 9.70. The summed E-state index contributed by atoms with van der Waals surface area (Å²) in [5.74, 6) is 0.116. The molecular weight excluding hydrogens is 398 g/mol. The Morgan fingerprint density at radius 2 is 2.11 bits per heavy atom. The van der Waals surface area contributed by atoms with Gasteiger partial charge in [0.2, 0.25) is 10.0 Å². The number of amides is 1. The number of sulfonamides is 1. The lowest BCUT2D eigenvalue weighted by Crippen LogP contribution is -2.34. The fourth-order valence-corrected chi connectivity index (χ4v) is 5.90. The number of rotatable bonds is 6. The smallest absolute Gasteiger partial charge is 0.267 e. The van der Waals surface area contributed by atoms with E-state index in [1.54, 1.807) is 0 Å². The van der Waals surface area contributed by atoms with E-state index in [4.69, 9.17) is 11.6 Å². The largest absolute Gasteiger partial charge is 0.271 e. The normalized spacial score (nSPS) is 27.1. The van der Waals surface area contributed by atoms with Crippen molar-refractivity contribution in [3.63, 3.8) is 0 Å². The van der Waals surface area contributed by atoms with Gasteiger partial charge in [0.05, 0.1) is 5.02 Å². The number of hydrogen-bond acceptors (Lipinski definition) is 4. The molecular formula is C20H26ClN3O3S. The molecule has 28 heavy (non-hydrogen) atoms. The van der Waals surface area contributed by atoms with E-state index in [9.17, 15) is 13.2 Å². The first-order valence-corrected chi connectivity index (χ1v) is 11.2. The Morgan fingerprint density at radius 1 is 1.39 bits per heavy atom. The van der Waals surface area contributed by atoms with E-state index in [1.165, 1.54) is 30.7 Å². The van der Waals surface area contributed by atoms with Gasteiger partial charge in [0.15, 0.2) is 0 Å². The Labute approximate surface area is 171 Å². The van der Waals surface area contributed by atoms with Crippen LogP contribution in [0.1, 0.15) is 50.4 Å². The van der Waals surface area contributed by atoms with Crippen LogP contribution in [0.2, 0.25) is 5.02 Å². The van der Waals surface area contributed by atoms with Gasteiger partial charge in [-0.05, 0) is 48.8 Å². The monoisotopic (exact) mass is 423 g/mol.